The Morgan fingerprint density at radius 3 is 2.81 bits per heavy atom. The van der Waals surface area contributed by atoms with Crippen LogP contribution < -0.4 is 5.32 Å². The van der Waals surface area contributed by atoms with Gasteiger partial charge in [-0.1, -0.05) is 6.08 Å². The van der Waals surface area contributed by atoms with Crippen molar-refractivity contribution in [3.8, 4) is 0 Å². The Hall–Kier alpha value is -3.58. The van der Waals surface area contributed by atoms with E-state index in [1.807, 2.05) is 11.0 Å². The predicted octanol–water partition coefficient (Wildman–Crippen LogP) is 4.37. The molecular weight excluding hydrogens is 420 g/mol. The van der Waals surface area contributed by atoms with Crippen molar-refractivity contribution in [2.24, 2.45) is 11.8 Å². The molecule has 5 rings (SSSR count). The molecule has 0 spiro atoms. The van der Waals surface area contributed by atoms with E-state index >= 15 is 0 Å². The fraction of sp³-hybridized carbons (Fsp3) is 0.200. The summed E-state index contributed by atoms with van der Waals surface area (Å²) in [5.41, 5.74) is 4.02. The molecule has 32 heavy (non-hydrogen) atoms. The molecule has 0 bridgehead atoms. The smallest absolute Gasteiger partial charge is 0.258 e. The molecule has 2 amide bonds. The molecular formula is C25H22N4O2S. The van der Waals surface area contributed by atoms with Crippen LogP contribution in [0.25, 0.3) is 11.6 Å². The normalized spacial score (nSPS) is 19.8. The molecule has 3 aromatic heterocycles. The van der Waals surface area contributed by atoms with Crippen LogP contribution in [-0.2, 0) is 4.79 Å². The molecule has 7 heteroatoms. The number of aromatic nitrogens is 2. The third kappa shape index (κ3) is 4.38. The first-order valence-electron chi connectivity index (χ1n) is 10.5. The number of carbonyl (C=O) groups is 2. The summed E-state index contributed by atoms with van der Waals surface area (Å²) in [5.74, 6) is 1.18. The number of nitrogens with zero attached hydrogens (tertiary/aromatic N) is 3. The number of amides is 2. The number of fused-ring (bicyclic) bond motifs is 1. The number of thiophene rings is 1. The van der Waals surface area contributed by atoms with E-state index in [1.165, 1.54) is 17.3 Å². The molecule has 3 aromatic rings. The number of rotatable bonds is 5. The minimum absolute atomic E-state index is 0.0267. The number of hydrogen-bond donors (Lipinski definition) is 1. The number of allylic oxidation sites excluding steroid dienone is 1. The maximum atomic E-state index is 12.7. The Morgan fingerprint density at radius 2 is 2.09 bits per heavy atom. The lowest BCUT2D eigenvalue weighted by atomic mass is 9.99. The zero-order chi connectivity index (χ0) is 21.9. The van der Waals surface area contributed by atoms with Gasteiger partial charge in [0.25, 0.3) is 5.91 Å². The van der Waals surface area contributed by atoms with Gasteiger partial charge < -0.3 is 10.2 Å². The van der Waals surface area contributed by atoms with Gasteiger partial charge in [-0.2, -0.15) is 11.3 Å². The highest BCUT2D eigenvalue weighted by Crippen LogP contribution is 2.41. The molecule has 6 nitrogen and oxygen atoms in total. The first-order chi connectivity index (χ1) is 15.7. The minimum Gasteiger partial charge on any atom is -0.338 e. The van der Waals surface area contributed by atoms with Gasteiger partial charge >= 0.3 is 0 Å². The summed E-state index contributed by atoms with van der Waals surface area (Å²) in [4.78, 5) is 35.0. The summed E-state index contributed by atoms with van der Waals surface area (Å²) < 4.78 is 0. The van der Waals surface area contributed by atoms with Gasteiger partial charge in [0.15, 0.2) is 0 Å². The molecule has 160 valence electrons. The lowest BCUT2D eigenvalue weighted by Gasteiger charge is -2.15. The maximum absolute atomic E-state index is 12.7. The summed E-state index contributed by atoms with van der Waals surface area (Å²) in [6.45, 7) is 1.58. The standard InChI is InChI=1S/C25H22N4O2S/c30-24(29-14-21-10-20(11-22(21)15-29)19-7-9-32-16-19)6-4-17-3-5-23(27-12-17)28-25(31)18-2-1-8-26-13-18/h1-10,12-13,16,21-22H,11,14-15H2,(H,27,28,31). The highest BCUT2D eigenvalue weighted by molar-refractivity contribution is 7.08. The van der Waals surface area contributed by atoms with E-state index in [0.717, 1.165) is 25.1 Å². The Bertz CT molecular complexity index is 1170. The zero-order valence-corrected chi connectivity index (χ0v) is 18.2. The number of pyridine rings is 2. The van der Waals surface area contributed by atoms with Gasteiger partial charge in [-0.3, -0.25) is 14.6 Å². The Kier molecular flexibility index (Phi) is 5.64. The first-order valence-corrected chi connectivity index (χ1v) is 11.5. The molecule has 2 aliphatic rings. The molecule has 1 aliphatic carbocycles. The van der Waals surface area contributed by atoms with Gasteiger partial charge in [0.1, 0.15) is 5.82 Å². The second-order valence-electron chi connectivity index (χ2n) is 8.08. The van der Waals surface area contributed by atoms with Gasteiger partial charge in [0.05, 0.1) is 5.56 Å². The van der Waals surface area contributed by atoms with Gasteiger partial charge in [-0.05, 0) is 82.1 Å². The molecule has 0 radical (unpaired) electrons. The fourth-order valence-corrected chi connectivity index (χ4v) is 4.97. The minimum atomic E-state index is -0.264. The number of hydrogen-bond acceptors (Lipinski definition) is 5. The average molecular weight is 443 g/mol. The van der Waals surface area contributed by atoms with Crippen molar-refractivity contribution in [1.29, 1.82) is 0 Å². The van der Waals surface area contributed by atoms with Crippen molar-refractivity contribution in [3.63, 3.8) is 0 Å². The van der Waals surface area contributed by atoms with E-state index in [4.69, 9.17) is 0 Å². The van der Waals surface area contributed by atoms with Crippen LogP contribution in [-0.4, -0.2) is 39.8 Å². The van der Waals surface area contributed by atoms with Crippen molar-refractivity contribution >= 4 is 40.6 Å². The fourth-order valence-electron chi connectivity index (χ4n) is 4.29. The molecule has 4 heterocycles. The van der Waals surface area contributed by atoms with Crippen molar-refractivity contribution in [2.75, 3.05) is 18.4 Å². The predicted molar refractivity (Wildman–Crippen MR) is 126 cm³/mol. The van der Waals surface area contributed by atoms with Crippen molar-refractivity contribution in [1.82, 2.24) is 14.9 Å². The third-order valence-corrected chi connectivity index (χ3v) is 6.65. The summed E-state index contributed by atoms with van der Waals surface area (Å²) >= 11 is 1.72. The highest BCUT2D eigenvalue weighted by Gasteiger charge is 2.37. The summed E-state index contributed by atoms with van der Waals surface area (Å²) in [7, 11) is 0. The molecule has 2 unspecified atom stereocenters. The van der Waals surface area contributed by atoms with Crippen LogP contribution in [0, 0.1) is 11.8 Å². The highest BCUT2D eigenvalue weighted by atomic mass is 32.1. The number of anilines is 1. The lowest BCUT2D eigenvalue weighted by molar-refractivity contribution is -0.125. The number of likely N-dealkylation sites (tertiary alicyclic amines) is 1. The summed E-state index contributed by atoms with van der Waals surface area (Å²) in [5, 5.41) is 7.05. The van der Waals surface area contributed by atoms with E-state index in [2.05, 4.69) is 38.2 Å². The zero-order valence-electron chi connectivity index (χ0n) is 17.3. The van der Waals surface area contributed by atoms with E-state index < -0.39 is 0 Å². The lowest BCUT2D eigenvalue weighted by Crippen LogP contribution is -2.27. The molecule has 1 saturated heterocycles. The quantitative estimate of drug-likeness (QED) is 0.596. The molecule has 1 N–H and O–H groups in total. The van der Waals surface area contributed by atoms with Gasteiger partial charge in [-0.15, -0.1) is 0 Å². The molecule has 0 aromatic carbocycles. The van der Waals surface area contributed by atoms with E-state index in [0.29, 0.717) is 23.2 Å². The average Bonchev–Trinajstić information content (AvgIpc) is 3.55. The van der Waals surface area contributed by atoms with Crippen LogP contribution in [0.15, 0.2) is 71.8 Å². The summed E-state index contributed by atoms with van der Waals surface area (Å²) in [6.07, 6.45) is 11.5. The Balaban J connectivity index is 1.16. The SMILES string of the molecule is O=C(Nc1ccc(C=CC(=O)N2CC3C=C(c4ccsc4)CC3C2)cn1)c1cccnc1. The summed E-state index contributed by atoms with van der Waals surface area (Å²) in [6, 6.07) is 9.11. The van der Waals surface area contributed by atoms with Crippen LogP contribution in [0.1, 0.15) is 27.9 Å². The number of carbonyl (C=O) groups excluding carboxylic acids is 2. The molecule has 1 fully saturated rings. The first kappa shape index (κ1) is 20.3. The molecule has 0 saturated carbocycles. The van der Waals surface area contributed by atoms with E-state index in [9.17, 15) is 9.59 Å². The second-order valence-corrected chi connectivity index (χ2v) is 8.86. The van der Waals surface area contributed by atoms with E-state index in [-0.39, 0.29) is 11.8 Å². The van der Waals surface area contributed by atoms with Gasteiger partial charge in [0.2, 0.25) is 5.91 Å². The van der Waals surface area contributed by atoms with Crippen LogP contribution in [0.3, 0.4) is 0 Å². The van der Waals surface area contributed by atoms with Crippen molar-refractivity contribution in [3.05, 3.63) is 88.5 Å². The molecule has 2 atom stereocenters. The van der Waals surface area contributed by atoms with Crippen LogP contribution in [0.2, 0.25) is 0 Å². The third-order valence-electron chi connectivity index (χ3n) is 5.96. The largest absolute Gasteiger partial charge is 0.338 e. The van der Waals surface area contributed by atoms with Crippen LogP contribution in [0.5, 0.6) is 0 Å². The van der Waals surface area contributed by atoms with Crippen molar-refractivity contribution < 1.29 is 9.59 Å². The topological polar surface area (TPSA) is 75.2 Å². The van der Waals surface area contributed by atoms with Crippen LogP contribution >= 0.6 is 11.3 Å². The number of nitrogens with one attached hydrogen (secondary N) is 1. The monoisotopic (exact) mass is 442 g/mol. The van der Waals surface area contributed by atoms with Gasteiger partial charge in [0, 0.05) is 37.8 Å². The van der Waals surface area contributed by atoms with Crippen LogP contribution in [0.4, 0.5) is 5.82 Å². The Labute approximate surface area is 190 Å². The Morgan fingerprint density at radius 1 is 1.16 bits per heavy atom. The van der Waals surface area contributed by atoms with E-state index in [1.54, 1.807) is 54.1 Å². The van der Waals surface area contributed by atoms with Gasteiger partial charge in [-0.25, -0.2) is 4.98 Å². The maximum Gasteiger partial charge on any atom is 0.258 e. The molecule has 1 aliphatic heterocycles. The second kappa shape index (κ2) is 8.88. The van der Waals surface area contributed by atoms with Crippen molar-refractivity contribution in [2.45, 2.75) is 6.42 Å².